The Bertz CT molecular complexity index is 784. The van der Waals surface area contributed by atoms with Crippen LogP contribution in [0.15, 0.2) is 45.6 Å². The first-order valence-corrected chi connectivity index (χ1v) is 8.08. The molecule has 3 rings (SSSR count). The molecule has 7 nitrogen and oxygen atoms in total. The minimum Gasteiger partial charge on any atom is -0.245 e. The number of aromatic amines is 1. The van der Waals surface area contributed by atoms with Crippen LogP contribution < -0.4 is 0 Å². The van der Waals surface area contributed by atoms with Crippen LogP contribution in [0.5, 0.6) is 0 Å². The number of nitrogens with one attached hydrogen (secondary N) is 1. The third-order valence-electron chi connectivity index (χ3n) is 2.53. The first kappa shape index (κ1) is 17.2. The highest BCUT2D eigenvalue weighted by atomic mass is 79.9. The van der Waals surface area contributed by atoms with Crippen molar-refractivity contribution in [2.75, 3.05) is 0 Å². The summed E-state index contributed by atoms with van der Waals surface area (Å²) in [6.07, 6.45) is 0.968. The molecular weight excluding hydrogens is 426 g/mol. The van der Waals surface area contributed by atoms with E-state index < -0.39 is 0 Å². The summed E-state index contributed by atoms with van der Waals surface area (Å²) in [6.45, 7) is 0. The molecule has 0 aromatic carbocycles. The molecular formula is C14H11Br2N7. The smallest absolute Gasteiger partial charge is 0.180 e. The zero-order valence-electron chi connectivity index (χ0n) is 11.8. The molecule has 0 saturated heterocycles. The molecule has 23 heavy (non-hydrogen) atoms. The second kappa shape index (κ2) is 9.07. The Labute approximate surface area is 149 Å². The maximum Gasteiger partial charge on any atom is 0.180 e. The molecule has 0 saturated carbocycles. The Morgan fingerprint density at radius 3 is 2.22 bits per heavy atom. The minimum atomic E-state index is 0.374. The SMILES string of the molecule is Brc1cccc(Cc2nn[nH]n2)n1.N#CCc1cccc(Br)n1. The fourth-order valence-corrected chi connectivity index (χ4v) is 2.36. The molecule has 3 aromatic rings. The molecule has 3 aromatic heterocycles. The topological polar surface area (TPSA) is 104 Å². The summed E-state index contributed by atoms with van der Waals surface area (Å²) in [7, 11) is 0. The highest BCUT2D eigenvalue weighted by Crippen LogP contribution is 2.08. The molecule has 0 fully saturated rings. The first-order chi connectivity index (χ1) is 11.2. The molecule has 0 bridgehead atoms. The Balaban J connectivity index is 0.000000174. The van der Waals surface area contributed by atoms with Gasteiger partial charge in [-0.15, -0.1) is 10.2 Å². The lowest BCUT2D eigenvalue weighted by Crippen LogP contribution is -1.94. The number of aromatic nitrogens is 6. The van der Waals surface area contributed by atoms with Crippen LogP contribution in [0.4, 0.5) is 0 Å². The van der Waals surface area contributed by atoms with Crippen LogP contribution in [0.3, 0.4) is 0 Å². The molecule has 0 atom stereocenters. The predicted molar refractivity (Wildman–Crippen MR) is 90.2 cm³/mol. The van der Waals surface area contributed by atoms with Gasteiger partial charge in [-0.3, -0.25) is 0 Å². The number of H-pyrrole nitrogens is 1. The fraction of sp³-hybridized carbons (Fsp3) is 0.143. The van der Waals surface area contributed by atoms with Crippen molar-refractivity contribution in [3.63, 3.8) is 0 Å². The van der Waals surface area contributed by atoms with Crippen LogP contribution in [0.1, 0.15) is 17.2 Å². The third kappa shape index (κ3) is 6.22. The maximum atomic E-state index is 8.31. The zero-order chi connectivity index (χ0) is 16.5. The number of hydrogen-bond acceptors (Lipinski definition) is 6. The highest BCUT2D eigenvalue weighted by molar-refractivity contribution is 9.10. The summed E-state index contributed by atoms with van der Waals surface area (Å²) in [6, 6.07) is 13.3. The largest absolute Gasteiger partial charge is 0.245 e. The summed E-state index contributed by atoms with van der Waals surface area (Å²) in [5.74, 6) is 0.644. The maximum absolute atomic E-state index is 8.31. The number of tetrazole rings is 1. The van der Waals surface area contributed by atoms with Crippen molar-refractivity contribution in [1.29, 1.82) is 5.26 Å². The Kier molecular flexibility index (Phi) is 6.77. The average molecular weight is 437 g/mol. The van der Waals surface area contributed by atoms with Crippen LogP contribution in [0.25, 0.3) is 0 Å². The van der Waals surface area contributed by atoms with Crippen LogP contribution in [0, 0.1) is 11.3 Å². The van der Waals surface area contributed by atoms with Crippen molar-refractivity contribution >= 4 is 31.9 Å². The monoisotopic (exact) mass is 435 g/mol. The van der Waals surface area contributed by atoms with Crippen molar-refractivity contribution < 1.29 is 0 Å². The minimum absolute atomic E-state index is 0.374. The number of pyridine rings is 2. The summed E-state index contributed by atoms with van der Waals surface area (Å²) in [4.78, 5) is 8.30. The van der Waals surface area contributed by atoms with E-state index in [1.807, 2.05) is 42.5 Å². The van der Waals surface area contributed by atoms with Crippen molar-refractivity contribution in [2.45, 2.75) is 12.8 Å². The van der Waals surface area contributed by atoms with E-state index in [1.165, 1.54) is 0 Å². The molecule has 0 spiro atoms. The molecule has 1 N–H and O–H groups in total. The van der Waals surface area contributed by atoms with Gasteiger partial charge in [0.15, 0.2) is 5.82 Å². The Morgan fingerprint density at radius 2 is 1.65 bits per heavy atom. The summed E-state index contributed by atoms with van der Waals surface area (Å²) < 4.78 is 1.59. The number of rotatable bonds is 3. The number of nitriles is 1. The van der Waals surface area contributed by atoms with E-state index in [1.54, 1.807) is 0 Å². The van der Waals surface area contributed by atoms with E-state index in [2.05, 4.69) is 62.5 Å². The molecule has 0 unspecified atom stereocenters. The van der Waals surface area contributed by atoms with E-state index in [-0.39, 0.29) is 0 Å². The summed E-state index contributed by atoms with van der Waals surface area (Å²) >= 11 is 6.50. The molecule has 0 radical (unpaired) electrons. The predicted octanol–water partition coefficient (Wildman–Crippen LogP) is 2.86. The van der Waals surface area contributed by atoms with Gasteiger partial charge in [-0.25, -0.2) is 9.97 Å². The van der Waals surface area contributed by atoms with E-state index in [0.717, 1.165) is 20.6 Å². The molecule has 0 aliphatic carbocycles. The van der Waals surface area contributed by atoms with E-state index in [9.17, 15) is 0 Å². The van der Waals surface area contributed by atoms with E-state index in [0.29, 0.717) is 18.7 Å². The Morgan fingerprint density at radius 1 is 1.00 bits per heavy atom. The van der Waals surface area contributed by atoms with Gasteiger partial charge in [-0.1, -0.05) is 17.3 Å². The van der Waals surface area contributed by atoms with Crippen molar-refractivity contribution in [3.05, 3.63) is 62.8 Å². The summed E-state index contributed by atoms with van der Waals surface area (Å²) in [5, 5.41) is 21.8. The van der Waals surface area contributed by atoms with Gasteiger partial charge in [0.2, 0.25) is 0 Å². The quantitative estimate of drug-likeness (QED) is 0.633. The van der Waals surface area contributed by atoms with Gasteiger partial charge in [0.1, 0.15) is 9.21 Å². The van der Waals surface area contributed by atoms with E-state index >= 15 is 0 Å². The number of hydrogen-bond donors (Lipinski definition) is 1. The molecule has 0 aliphatic heterocycles. The summed E-state index contributed by atoms with van der Waals surface area (Å²) in [5.41, 5.74) is 1.72. The first-order valence-electron chi connectivity index (χ1n) is 6.49. The highest BCUT2D eigenvalue weighted by Gasteiger charge is 2.01. The molecule has 0 amide bonds. The third-order valence-corrected chi connectivity index (χ3v) is 3.42. The van der Waals surface area contributed by atoms with Gasteiger partial charge in [0.25, 0.3) is 0 Å². The van der Waals surface area contributed by atoms with Crippen molar-refractivity contribution in [3.8, 4) is 6.07 Å². The standard InChI is InChI=1S/C7H6BrN5.C7H5BrN2/c8-6-3-1-2-5(9-6)4-7-10-12-13-11-7;8-7-3-1-2-6(10-7)4-5-9/h1-3H,4H2,(H,10,11,12,13);1-3H,4H2. The molecule has 3 heterocycles. The van der Waals surface area contributed by atoms with Crippen LogP contribution in [0.2, 0.25) is 0 Å². The lowest BCUT2D eigenvalue weighted by atomic mass is 10.3. The second-order valence-corrected chi connectivity index (χ2v) is 5.87. The van der Waals surface area contributed by atoms with Crippen LogP contribution in [-0.4, -0.2) is 30.6 Å². The van der Waals surface area contributed by atoms with Gasteiger partial charge in [0, 0.05) is 5.69 Å². The lowest BCUT2D eigenvalue weighted by molar-refractivity contribution is 0.881. The van der Waals surface area contributed by atoms with E-state index in [4.69, 9.17) is 5.26 Å². The molecule has 9 heteroatoms. The normalized spacial score (nSPS) is 9.61. The van der Waals surface area contributed by atoms with Crippen LogP contribution in [-0.2, 0) is 12.8 Å². The van der Waals surface area contributed by atoms with Crippen molar-refractivity contribution in [1.82, 2.24) is 30.6 Å². The lowest BCUT2D eigenvalue weighted by Gasteiger charge is -1.95. The number of halogens is 2. The van der Waals surface area contributed by atoms with Crippen LogP contribution >= 0.6 is 31.9 Å². The molecule has 0 aliphatic rings. The number of nitrogens with zero attached hydrogens (tertiary/aromatic N) is 6. The van der Waals surface area contributed by atoms with Gasteiger partial charge < -0.3 is 0 Å². The van der Waals surface area contributed by atoms with Gasteiger partial charge in [0.05, 0.1) is 24.6 Å². The van der Waals surface area contributed by atoms with Gasteiger partial charge in [-0.2, -0.15) is 10.5 Å². The zero-order valence-corrected chi connectivity index (χ0v) is 15.0. The van der Waals surface area contributed by atoms with Gasteiger partial charge >= 0.3 is 0 Å². The Hall–Kier alpha value is -2.18. The van der Waals surface area contributed by atoms with Gasteiger partial charge in [-0.05, 0) is 56.1 Å². The fourth-order valence-electron chi connectivity index (χ4n) is 1.60. The average Bonchev–Trinajstić information content (AvgIpc) is 3.01. The molecule has 116 valence electrons. The second-order valence-electron chi connectivity index (χ2n) is 4.24. The van der Waals surface area contributed by atoms with Crippen molar-refractivity contribution in [2.24, 2.45) is 0 Å².